The maximum absolute atomic E-state index is 4.49. The van der Waals surface area contributed by atoms with Crippen molar-refractivity contribution in [3.05, 3.63) is 0 Å². The third-order valence-electron chi connectivity index (χ3n) is 3.41. The number of amidine groups is 2. The summed E-state index contributed by atoms with van der Waals surface area (Å²) in [5, 5.41) is 0. The van der Waals surface area contributed by atoms with E-state index in [1.54, 1.807) is 0 Å². The molecule has 0 N–H and O–H groups in total. The Morgan fingerprint density at radius 3 is 1.69 bits per heavy atom. The second-order valence-electron chi connectivity index (χ2n) is 4.54. The lowest BCUT2D eigenvalue weighted by atomic mass is 10.2. The van der Waals surface area contributed by atoms with E-state index < -0.39 is 0 Å². The van der Waals surface area contributed by atoms with Gasteiger partial charge in [-0.1, -0.05) is 0 Å². The second-order valence-corrected chi connectivity index (χ2v) is 4.54. The minimum atomic E-state index is 1.01. The van der Waals surface area contributed by atoms with Gasteiger partial charge in [-0.05, 0) is 26.7 Å². The summed E-state index contributed by atoms with van der Waals surface area (Å²) in [6, 6.07) is 0. The van der Waals surface area contributed by atoms with Gasteiger partial charge in [0.15, 0.2) is 0 Å². The molecule has 0 aromatic heterocycles. The van der Waals surface area contributed by atoms with Gasteiger partial charge in [0, 0.05) is 39.3 Å². The summed E-state index contributed by atoms with van der Waals surface area (Å²) in [5.74, 6) is 2.41. The highest BCUT2D eigenvalue weighted by Gasteiger charge is 2.15. The van der Waals surface area contributed by atoms with E-state index in [9.17, 15) is 0 Å². The van der Waals surface area contributed by atoms with E-state index in [1.807, 2.05) is 0 Å². The molecule has 0 aliphatic carbocycles. The molecule has 2 aliphatic heterocycles. The molecule has 0 aromatic rings. The van der Waals surface area contributed by atoms with Gasteiger partial charge in [0.2, 0.25) is 0 Å². The van der Waals surface area contributed by atoms with Crippen LogP contribution in [0.2, 0.25) is 0 Å². The van der Waals surface area contributed by atoms with Crippen molar-refractivity contribution in [2.75, 3.05) is 39.3 Å². The van der Waals surface area contributed by atoms with Crippen molar-refractivity contribution < 1.29 is 0 Å². The van der Waals surface area contributed by atoms with Gasteiger partial charge < -0.3 is 9.80 Å². The van der Waals surface area contributed by atoms with Crippen molar-refractivity contribution in [2.45, 2.75) is 26.7 Å². The Morgan fingerprint density at radius 2 is 1.31 bits per heavy atom. The first kappa shape index (κ1) is 11.4. The van der Waals surface area contributed by atoms with E-state index in [-0.39, 0.29) is 0 Å². The van der Waals surface area contributed by atoms with Crippen LogP contribution in [0.1, 0.15) is 26.7 Å². The highest BCUT2D eigenvalue weighted by molar-refractivity contribution is 5.81. The molecule has 0 unspecified atom stereocenters. The summed E-state index contributed by atoms with van der Waals surface area (Å²) >= 11 is 0. The van der Waals surface area contributed by atoms with Crippen LogP contribution in [0.4, 0.5) is 0 Å². The maximum atomic E-state index is 4.49. The minimum Gasteiger partial charge on any atom is -0.359 e. The molecular weight excluding hydrogens is 200 g/mol. The van der Waals surface area contributed by atoms with Crippen molar-refractivity contribution in [1.29, 1.82) is 0 Å². The number of rotatable bonds is 3. The Morgan fingerprint density at radius 1 is 0.875 bits per heavy atom. The van der Waals surface area contributed by atoms with Gasteiger partial charge >= 0.3 is 0 Å². The third kappa shape index (κ3) is 2.74. The van der Waals surface area contributed by atoms with E-state index in [0.717, 1.165) is 26.2 Å². The van der Waals surface area contributed by atoms with Gasteiger partial charge in [0.1, 0.15) is 0 Å². The molecule has 0 saturated carbocycles. The van der Waals surface area contributed by atoms with E-state index in [0.29, 0.717) is 0 Å². The van der Waals surface area contributed by atoms with Crippen LogP contribution in [0.15, 0.2) is 9.98 Å². The fourth-order valence-electron chi connectivity index (χ4n) is 2.32. The number of nitrogens with zero attached hydrogens (tertiary/aromatic N) is 4. The van der Waals surface area contributed by atoms with Gasteiger partial charge in [-0.3, -0.25) is 9.98 Å². The standard InChI is InChI=1S/C12H22N4/c1-11-13-5-3-7-15(11)9-10-16-8-4-6-14-12(16)2/h3-10H2,1-2H3. The van der Waals surface area contributed by atoms with Gasteiger partial charge in [-0.25, -0.2) is 0 Å². The van der Waals surface area contributed by atoms with Crippen molar-refractivity contribution in [2.24, 2.45) is 9.98 Å². The summed E-state index contributed by atoms with van der Waals surface area (Å²) in [7, 11) is 0. The summed E-state index contributed by atoms with van der Waals surface area (Å²) in [5.41, 5.74) is 0. The minimum absolute atomic E-state index is 1.01. The molecule has 2 heterocycles. The molecule has 2 rings (SSSR count). The summed E-state index contributed by atoms with van der Waals surface area (Å²) < 4.78 is 0. The van der Waals surface area contributed by atoms with Gasteiger partial charge in [-0.15, -0.1) is 0 Å². The smallest absolute Gasteiger partial charge is 0.0958 e. The SMILES string of the molecule is CC1=NCCCN1CCN1CCCN=C1C. The van der Waals surface area contributed by atoms with Gasteiger partial charge in [0.25, 0.3) is 0 Å². The molecule has 16 heavy (non-hydrogen) atoms. The van der Waals surface area contributed by atoms with E-state index >= 15 is 0 Å². The molecular formula is C12H22N4. The van der Waals surface area contributed by atoms with E-state index in [1.165, 1.54) is 37.6 Å². The predicted molar refractivity (Wildman–Crippen MR) is 68.3 cm³/mol. The Bertz CT molecular complexity index is 265. The topological polar surface area (TPSA) is 31.2 Å². The maximum Gasteiger partial charge on any atom is 0.0958 e. The Hall–Kier alpha value is -1.06. The lowest BCUT2D eigenvalue weighted by molar-refractivity contribution is 0.317. The highest BCUT2D eigenvalue weighted by Crippen LogP contribution is 2.06. The molecule has 4 nitrogen and oxygen atoms in total. The average Bonchev–Trinajstić information content (AvgIpc) is 2.30. The van der Waals surface area contributed by atoms with Crippen molar-refractivity contribution >= 4 is 11.7 Å². The molecule has 0 radical (unpaired) electrons. The van der Waals surface area contributed by atoms with Crippen LogP contribution in [-0.4, -0.2) is 60.7 Å². The van der Waals surface area contributed by atoms with E-state index in [4.69, 9.17) is 0 Å². The zero-order chi connectivity index (χ0) is 11.4. The quantitative estimate of drug-likeness (QED) is 0.719. The molecule has 0 atom stereocenters. The zero-order valence-electron chi connectivity index (χ0n) is 10.4. The fourth-order valence-corrected chi connectivity index (χ4v) is 2.32. The molecule has 2 aliphatic rings. The van der Waals surface area contributed by atoms with Crippen LogP contribution in [-0.2, 0) is 0 Å². The van der Waals surface area contributed by atoms with Crippen LogP contribution in [0.25, 0.3) is 0 Å². The molecule has 0 fully saturated rings. The zero-order valence-corrected chi connectivity index (χ0v) is 10.4. The van der Waals surface area contributed by atoms with Crippen LogP contribution in [0.3, 0.4) is 0 Å². The van der Waals surface area contributed by atoms with Crippen LogP contribution in [0, 0.1) is 0 Å². The number of hydrogen-bond donors (Lipinski definition) is 0. The van der Waals surface area contributed by atoms with Gasteiger partial charge in [0.05, 0.1) is 11.7 Å². The Balaban J connectivity index is 1.82. The molecule has 4 heteroatoms. The molecule has 0 saturated heterocycles. The van der Waals surface area contributed by atoms with Crippen molar-refractivity contribution in [3.63, 3.8) is 0 Å². The Kier molecular flexibility index (Phi) is 3.80. The monoisotopic (exact) mass is 222 g/mol. The number of aliphatic imine (C=N–C) groups is 2. The largest absolute Gasteiger partial charge is 0.359 e. The van der Waals surface area contributed by atoms with Crippen LogP contribution >= 0.6 is 0 Å². The van der Waals surface area contributed by atoms with Crippen molar-refractivity contribution in [3.8, 4) is 0 Å². The first-order valence-corrected chi connectivity index (χ1v) is 6.29. The van der Waals surface area contributed by atoms with E-state index in [2.05, 4.69) is 33.6 Å². The fraction of sp³-hybridized carbons (Fsp3) is 0.833. The molecule has 0 aromatic carbocycles. The summed E-state index contributed by atoms with van der Waals surface area (Å²) in [4.78, 5) is 13.8. The lowest BCUT2D eigenvalue weighted by Gasteiger charge is -2.33. The molecule has 0 amide bonds. The molecule has 0 spiro atoms. The predicted octanol–water partition coefficient (Wildman–Crippen LogP) is 1.23. The Labute approximate surface area is 98.1 Å². The third-order valence-corrected chi connectivity index (χ3v) is 3.41. The first-order valence-electron chi connectivity index (χ1n) is 6.29. The average molecular weight is 222 g/mol. The first-order chi connectivity index (χ1) is 7.77. The number of hydrogen-bond acceptors (Lipinski definition) is 4. The lowest BCUT2D eigenvalue weighted by Crippen LogP contribution is -2.43. The second kappa shape index (κ2) is 5.32. The van der Waals surface area contributed by atoms with Crippen LogP contribution in [0.5, 0.6) is 0 Å². The van der Waals surface area contributed by atoms with Crippen LogP contribution < -0.4 is 0 Å². The molecule has 0 bridgehead atoms. The summed E-state index contributed by atoms with van der Waals surface area (Å²) in [6.07, 6.45) is 2.40. The molecule has 90 valence electrons. The highest BCUT2D eigenvalue weighted by atomic mass is 15.3. The summed E-state index contributed by atoms with van der Waals surface area (Å²) in [6.45, 7) is 10.8. The van der Waals surface area contributed by atoms with Gasteiger partial charge in [-0.2, -0.15) is 0 Å². The normalized spacial score (nSPS) is 21.9. The van der Waals surface area contributed by atoms with Crippen molar-refractivity contribution in [1.82, 2.24) is 9.80 Å².